The number of hydrogen-bond acceptors (Lipinski definition) is 5. The Bertz CT molecular complexity index is 930. The molecular weight excluding hydrogens is 386 g/mol. The number of carbonyl (C=O) groups excluding carboxylic acids is 2. The molecular formula is C23H27NO4S. The molecule has 1 aliphatic heterocycles. The van der Waals surface area contributed by atoms with E-state index in [9.17, 15) is 14.7 Å². The minimum Gasteiger partial charge on any atom is -0.507 e. The topological polar surface area (TPSA) is 66.8 Å². The fourth-order valence-corrected chi connectivity index (χ4v) is 4.52. The molecule has 3 rings (SSSR count). The molecule has 0 bridgehead atoms. The SMILES string of the molecule is CCCCN1C(=O)C(=O)/C(=C(\O)c2ccc(OC)c(C(C)C)c2)C1c1cccs1. The Kier molecular flexibility index (Phi) is 6.42. The summed E-state index contributed by atoms with van der Waals surface area (Å²) in [4.78, 5) is 28.1. The van der Waals surface area contributed by atoms with Gasteiger partial charge in [0.25, 0.3) is 11.7 Å². The number of carbonyl (C=O) groups is 2. The number of ketones is 1. The van der Waals surface area contributed by atoms with Crippen LogP contribution >= 0.6 is 11.3 Å². The van der Waals surface area contributed by atoms with Crippen molar-refractivity contribution >= 4 is 28.8 Å². The second-order valence-electron chi connectivity index (χ2n) is 7.47. The van der Waals surface area contributed by atoms with Crippen molar-refractivity contribution < 1.29 is 19.4 Å². The number of aliphatic hydroxyl groups excluding tert-OH is 1. The van der Waals surface area contributed by atoms with Crippen molar-refractivity contribution in [1.29, 1.82) is 0 Å². The molecule has 1 atom stereocenters. The van der Waals surface area contributed by atoms with Gasteiger partial charge in [-0.2, -0.15) is 0 Å². The zero-order chi connectivity index (χ0) is 21.1. The Hall–Kier alpha value is -2.60. The van der Waals surface area contributed by atoms with Crippen LogP contribution in [0.15, 0.2) is 41.3 Å². The number of methoxy groups -OCH3 is 1. The molecule has 0 aliphatic carbocycles. The summed E-state index contributed by atoms with van der Waals surface area (Å²) in [6, 6.07) is 8.60. The van der Waals surface area contributed by atoms with Gasteiger partial charge in [-0.1, -0.05) is 33.3 Å². The van der Waals surface area contributed by atoms with Crippen LogP contribution in [0.4, 0.5) is 0 Å². The van der Waals surface area contributed by atoms with Crippen molar-refractivity contribution in [2.75, 3.05) is 13.7 Å². The van der Waals surface area contributed by atoms with E-state index in [0.717, 1.165) is 29.0 Å². The summed E-state index contributed by atoms with van der Waals surface area (Å²) in [5, 5.41) is 13.1. The molecule has 0 saturated carbocycles. The molecule has 2 aromatic rings. The van der Waals surface area contributed by atoms with Crippen molar-refractivity contribution in [1.82, 2.24) is 4.90 Å². The predicted octanol–water partition coefficient (Wildman–Crippen LogP) is 5.10. The highest BCUT2D eigenvalue weighted by Crippen LogP contribution is 2.41. The van der Waals surface area contributed by atoms with Crippen LogP contribution in [0, 0.1) is 0 Å². The third-order valence-electron chi connectivity index (χ3n) is 5.23. The summed E-state index contributed by atoms with van der Waals surface area (Å²) >= 11 is 1.48. The van der Waals surface area contributed by atoms with E-state index < -0.39 is 17.7 Å². The Labute approximate surface area is 175 Å². The standard InChI is InChI=1S/C23H27NO4S/c1-5-6-11-24-20(18-8-7-12-29-18)19(22(26)23(24)27)21(25)15-9-10-17(28-4)16(13-15)14(2)3/h7-10,12-14,20,25H,5-6,11H2,1-4H3/b21-19-. The number of thiophene rings is 1. The molecule has 6 heteroatoms. The highest BCUT2D eigenvalue weighted by atomic mass is 32.1. The van der Waals surface area contributed by atoms with E-state index in [1.54, 1.807) is 24.1 Å². The van der Waals surface area contributed by atoms with E-state index in [0.29, 0.717) is 12.1 Å². The number of ether oxygens (including phenoxy) is 1. The lowest BCUT2D eigenvalue weighted by Gasteiger charge is -2.24. The third kappa shape index (κ3) is 3.94. The fourth-order valence-electron chi connectivity index (χ4n) is 3.67. The van der Waals surface area contributed by atoms with Crippen molar-refractivity contribution in [3.8, 4) is 5.75 Å². The number of rotatable bonds is 7. The second kappa shape index (κ2) is 8.82. The lowest BCUT2D eigenvalue weighted by Crippen LogP contribution is -2.30. The van der Waals surface area contributed by atoms with Gasteiger partial charge >= 0.3 is 0 Å². The van der Waals surface area contributed by atoms with Gasteiger partial charge in [-0.05, 0) is 47.5 Å². The molecule has 1 N–H and O–H groups in total. The Morgan fingerprint density at radius 2 is 2.03 bits per heavy atom. The molecule has 154 valence electrons. The Morgan fingerprint density at radius 1 is 1.28 bits per heavy atom. The average Bonchev–Trinajstić information content (AvgIpc) is 3.33. The van der Waals surface area contributed by atoms with E-state index >= 15 is 0 Å². The van der Waals surface area contributed by atoms with Crippen LogP contribution in [-0.2, 0) is 9.59 Å². The number of likely N-dealkylation sites (tertiary alicyclic amines) is 1. The number of nitrogens with zero attached hydrogens (tertiary/aromatic N) is 1. The zero-order valence-corrected chi connectivity index (χ0v) is 18.1. The lowest BCUT2D eigenvalue weighted by molar-refractivity contribution is -0.139. The van der Waals surface area contributed by atoms with Gasteiger partial charge in [0, 0.05) is 17.0 Å². The largest absolute Gasteiger partial charge is 0.507 e. The summed E-state index contributed by atoms with van der Waals surface area (Å²) in [7, 11) is 1.61. The molecule has 1 amide bonds. The summed E-state index contributed by atoms with van der Waals surface area (Å²) in [5.41, 5.74) is 1.61. The van der Waals surface area contributed by atoms with Crippen LogP contribution in [-0.4, -0.2) is 35.4 Å². The molecule has 1 saturated heterocycles. The minimum atomic E-state index is -0.626. The van der Waals surface area contributed by atoms with Gasteiger partial charge in [0.15, 0.2) is 0 Å². The van der Waals surface area contributed by atoms with Crippen LogP contribution in [0.3, 0.4) is 0 Å². The number of unbranched alkanes of at least 4 members (excludes halogenated alkanes) is 1. The van der Waals surface area contributed by atoms with Gasteiger partial charge < -0.3 is 14.7 Å². The van der Waals surface area contributed by atoms with E-state index in [4.69, 9.17) is 4.74 Å². The quantitative estimate of drug-likeness (QED) is 0.389. The normalized spacial score (nSPS) is 18.7. The van der Waals surface area contributed by atoms with E-state index in [1.807, 2.05) is 44.4 Å². The molecule has 1 aliphatic rings. The lowest BCUT2D eigenvalue weighted by atomic mass is 9.95. The fraction of sp³-hybridized carbons (Fsp3) is 0.391. The minimum absolute atomic E-state index is 0.134. The first-order chi connectivity index (χ1) is 13.9. The number of aliphatic hydroxyl groups is 1. The van der Waals surface area contributed by atoms with Crippen molar-refractivity contribution in [3.05, 3.63) is 57.3 Å². The van der Waals surface area contributed by atoms with Gasteiger partial charge in [0.2, 0.25) is 0 Å². The van der Waals surface area contributed by atoms with Crippen LogP contribution in [0.5, 0.6) is 5.75 Å². The molecule has 5 nitrogen and oxygen atoms in total. The smallest absolute Gasteiger partial charge is 0.295 e. The first kappa shape index (κ1) is 21.1. The summed E-state index contributed by atoms with van der Waals surface area (Å²) < 4.78 is 5.42. The number of hydrogen-bond donors (Lipinski definition) is 1. The zero-order valence-electron chi connectivity index (χ0n) is 17.3. The monoisotopic (exact) mass is 413 g/mol. The average molecular weight is 414 g/mol. The first-order valence-corrected chi connectivity index (χ1v) is 10.8. The maximum atomic E-state index is 12.9. The third-order valence-corrected chi connectivity index (χ3v) is 6.16. The molecule has 29 heavy (non-hydrogen) atoms. The van der Waals surface area contributed by atoms with Crippen molar-refractivity contribution in [2.45, 2.75) is 45.6 Å². The summed E-state index contributed by atoms with van der Waals surface area (Å²) in [5.74, 6) is -0.396. The highest BCUT2D eigenvalue weighted by Gasteiger charge is 2.46. The van der Waals surface area contributed by atoms with Crippen molar-refractivity contribution in [2.24, 2.45) is 0 Å². The maximum absolute atomic E-state index is 12.9. The molecule has 1 unspecified atom stereocenters. The van der Waals surface area contributed by atoms with Crippen LogP contribution in [0.1, 0.15) is 61.6 Å². The van der Waals surface area contributed by atoms with Crippen LogP contribution in [0.25, 0.3) is 5.76 Å². The summed E-state index contributed by atoms with van der Waals surface area (Å²) in [6.45, 7) is 6.61. The van der Waals surface area contributed by atoms with E-state index in [-0.39, 0.29) is 17.3 Å². The first-order valence-electron chi connectivity index (χ1n) is 9.90. The van der Waals surface area contributed by atoms with Crippen molar-refractivity contribution in [3.63, 3.8) is 0 Å². The number of benzene rings is 1. The van der Waals surface area contributed by atoms with Gasteiger partial charge in [-0.3, -0.25) is 9.59 Å². The van der Waals surface area contributed by atoms with Crippen LogP contribution in [0.2, 0.25) is 0 Å². The number of amides is 1. The molecule has 0 radical (unpaired) electrons. The highest BCUT2D eigenvalue weighted by molar-refractivity contribution is 7.10. The molecule has 2 heterocycles. The van der Waals surface area contributed by atoms with Crippen LogP contribution < -0.4 is 4.74 Å². The van der Waals surface area contributed by atoms with E-state index in [2.05, 4.69) is 0 Å². The summed E-state index contributed by atoms with van der Waals surface area (Å²) in [6.07, 6.45) is 1.71. The Morgan fingerprint density at radius 3 is 2.62 bits per heavy atom. The number of Topliss-reactive ketones (excluding diaryl/α,β-unsaturated/α-hetero) is 1. The molecule has 0 spiro atoms. The van der Waals surface area contributed by atoms with Gasteiger partial charge in [-0.25, -0.2) is 0 Å². The maximum Gasteiger partial charge on any atom is 0.295 e. The molecule has 1 aromatic carbocycles. The van der Waals surface area contributed by atoms with Gasteiger partial charge in [-0.15, -0.1) is 11.3 Å². The Balaban J connectivity index is 2.15. The molecule has 1 aromatic heterocycles. The predicted molar refractivity (Wildman–Crippen MR) is 115 cm³/mol. The second-order valence-corrected chi connectivity index (χ2v) is 8.45. The molecule has 1 fully saturated rings. The van der Waals surface area contributed by atoms with Gasteiger partial charge in [0.05, 0.1) is 18.7 Å². The van der Waals surface area contributed by atoms with Gasteiger partial charge in [0.1, 0.15) is 11.5 Å². The van der Waals surface area contributed by atoms with E-state index in [1.165, 1.54) is 11.3 Å².